The first-order valence-electron chi connectivity index (χ1n) is 5.79. The molecule has 1 aromatic rings. The van der Waals surface area contributed by atoms with Gasteiger partial charge >= 0.3 is 0 Å². The van der Waals surface area contributed by atoms with Gasteiger partial charge in [-0.15, -0.1) is 0 Å². The monoisotopic (exact) mass is 207 g/mol. The van der Waals surface area contributed by atoms with Crippen LogP contribution in [0.4, 0.5) is 0 Å². The van der Waals surface area contributed by atoms with E-state index in [1.54, 1.807) is 0 Å². The van der Waals surface area contributed by atoms with Crippen molar-refractivity contribution >= 4 is 0 Å². The lowest BCUT2D eigenvalue weighted by molar-refractivity contribution is 0.458. The Balaban J connectivity index is 3.11. The van der Waals surface area contributed by atoms with Crippen molar-refractivity contribution in [1.82, 2.24) is 4.98 Å². The van der Waals surface area contributed by atoms with Crippen LogP contribution < -0.4 is 0 Å². The minimum absolute atomic E-state index is 0.397. The second-order valence-electron chi connectivity index (χ2n) is 4.05. The van der Waals surface area contributed by atoms with Gasteiger partial charge in [0, 0.05) is 5.69 Å². The largest absolute Gasteiger partial charge is 0.506 e. The molecule has 0 saturated heterocycles. The highest BCUT2D eigenvalue weighted by atomic mass is 16.3. The second kappa shape index (κ2) is 5.15. The van der Waals surface area contributed by atoms with Gasteiger partial charge in [0.05, 0.1) is 5.69 Å². The minimum Gasteiger partial charge on any atom is -0.506 e. The average Bonchev–Trinajstić information content (AvgIpc) is 2.23. The van der Waals surface area contributed by atoms with Crippen LogP contribution in [0.2, 0.25) is 0 Å². The molecule has 0 amide bonds. The zero-order chi connectivity index (χ0) is 11.4. The molecule has 0 saturated carbocycles. The third-order valence-electron chi connectivity index (χ3n) is 2.94. The third kappa shape index (κ3) is 2.49. The Labute approximate surface area is 92.4 Å². The summed E-state index contributed by atoms with van der Waals surface area (Å²) < 4.78 is 0. The Bertz CT molecular complexity index is 345. The molecule has 0 atom stereocenters. The molecule has 2 nitrogen and oxygen atoms in total. The Morgan fingerprint density at radius 1 is 1.20 bits per heavy atom. The van der Waals surface area contributed by atoms with Crippen molar-refractivity contribution in [3.63, 3.8) is 0 Å². The first-order chi connectivity index (χ1) is 7.11. The topological polar surface area (TPSA) is 33.1 Å². The van der Waals surface area contributed by atoms with Crippen LogP contribution >= 0.6 is 0 Å². The molecule has 0 aliphatic rings. The molecule has 1 N–H and O–H groups in total. The van der Waals surface area contributed by atoms with Crippen molar-refractivity contribution in [3.8, 4) is 5.75 Å². The summed E-state index contributed by atoms with van der Waals surface area (Å²) >= 11 is 0. The summed E-state index contributed by atoms with van der Waals surface area (Å²) in [7, 11) is 0. The minimum atomic E-state index is 0.397. The summed E-state index contributed by atoms with van der Waals surface area (Å²) in [5.74, 6) is 0.397. The van der Waals surface area contributed by atoms with Gasteiger partial charge in [0.2, 0.25) is 0 Å². The predicted molar refractivity (Wildman–Crippen MR) is 63.4 cm³/mol. The quantitative estimate of drug-likeness (QED) is 0.821. The highest BCUT2D eigenvalue weighted by Gasteiger charge is 2.12. The Morgan fingerprint density at radius 2 is 1.87 bits per heavy atom. The number of unbranched alkanes of at least 4 members (excludes halogenated alkanes) is 1. The summed E-state index contributed by atoms with van der Waals surface area (Å²) in [5.41, 5.74) is 4.15. The van der Waals surface area contributed by atoms with Crippen LogP contribution in [0, 0.1) is 13.8 Å². The number of aromatic hydroxyl groups is 1. The van der Waals surface area contributed by atoms with Crippen LogP contribution in [0.3, 0.4) is 0 Å². The van der Waals surface area contributed by atoms with E-state index < -0.39 is 0 Å². The van der Waals surface area contributed by atoms with Gasteiger partial charge in [-0.1, -0.05) is 20.3 Å². The molecule has 0 bridgehead atoms. The number of nitrogens with zero attached hydrogens (tertiary/aromatic N) is 1. The van der Waals surface area contributed by atoms with Gasteiger partial charge in [0.1, 0.15) is 5.75 Å². The second-order valence-corrected chi connectivity index (χ2v) is 4.05. The van der Waals surface area contributed by atoms with Crippen molar-refractivity contribution in [2.75, 3.05) is 0 Å². The third-order valence-corrected chi connectivity index (χ3v) is 2.94. The van der Waals surface area contributed by atoms with Crippen LogP contribution in [-0.4, -0.2) is 10.1 Å². The van der Waals surface area contributed by atoms with Gasteiger partial charge in [-0.2, -0.15) is 0 Å². The number of aryl methyl sites for hydroxylation is 2. The van der Waals surface area contributed by atoms with E-state index in [-0.39, 0.29) is 0 Å². The highest BCUT2D eigenvalue weighted by molar-refractivity contribution is 5.43. The van der Waals surface area contributed by atoms with Gasteiger partial charge in [-0.3, -0.25) is 4.98 Å². The molecule has 1 heterocycles. The molecule has 0 radical (unpaired) electrons. The Hall–Kier alpha value is -1.05. The predicted octanol–water partition coefficient (Wildman–Crippen LogP) is 3.31. The average molecular weight is 207 g/mol. The lowest BCUT2D eigenvalue weighted by atomic mass is 9.99. The molecule has 0 spiro atoms. The van der Waals surface area contributed by atoms with Crippen LogP contribution in [0.25, 0.3) is 0 Å². The van der Waals surface area contributed by atoms with E-state index in [9.17, 15) is 5.11 Å². The molecule has 2 heteroatoms. The van der Waals surface area contributed by atoms with Crippen LogP contribution in [0.1, 0.15) is 49.2 Å². The summed E-state index contributed by atoms with van der Waals surface area (Å²) in [6, 6.07) is 0. The van der Waals surface area contributed by atoms with E-state index in [1.807, 2.05) is 20.8 Å². The maximum Gasteiger partial charge on any atom is 0.140 e. The van der Waals surface area contributed by atoms with Crippen LogP contribution in [-0.2, 0) is 12.8 Å². The van der Waals surface area contributed by atoms with E-state index in [1.165, 1.54) is 12.0 Å². The number of pyridine rings is 1. The molecular formula is C13H21NO. The summed E-state index contributed by atoms with van der Waals surface area (Å²) in [5, 5.41) is 9.94. The fourth-order valence-electron chi connectivity index (χ4n) is 1.92. The van der Waals surface area contributed by atoms with Crippen LogP contribution in [0.5, 0.6) is 5.75 Å². The summed E-state index contributed by atoms with van der Waals surface area (Å²) in [4.78, 5) is 4.45. The maximum absolute atomic E-state index is 9.94. The van der Waals surface area contributed by atoms with Gasteiger partial charge in [0.15, 0.2) is 0 Å². The van der Waals surface area contributed by atoms with E-state index in [4.69, 9.17) is 0 Å². The van der Waals surface area contributed by atoms with Crippen molar-refractivity contribution < 1.29 is 5.11 Å². The number of hydrogen-bond donors (Lipinski definition) is 1. The molecule has 84 valence electrons. The number of rotatable bonds is 4. The van der Waals surface area contributed by atoms with E-state index in [2.05, 4.69) is 11.9 Å². The fraction of sp³-hybridized carbons (Fsp3) is 0.615. The molecule has 0 unspecified atom stereocenters. The van der Waals surface area contributed by atoms with E-state index >= 15 is 0 Å². The van der Waals surface area contributed by atoms with Gasteiger partial charge in [-0.05, 0) is 44.2 Å². The molecular weight excluding hydrogens is 186 g/mol. The summed E-state index contributed by atoms with van der Waals surface area (Å²) in [6.45, 7) is 8.23. The number of hydrogen-bond acceptors (Lipinski definition) is 2. The standard InChI is InChI=1S/C13H21NO/c1-5-7-8-11-9(3)13(15)12(6-2)14-10(11)4/h15H,5-8H2,1-4H3. The van der Waals surface area contributed by atoms with Crippen molar-refractivity contribution in [1.29, 1.82) is 0 Å². The van der Waals surface area contributed by atoms with Crippen molar-refractivity contribution in [3.05, 3.63) is 22.5 Å². The Kier molecular flexibility index (Phi) is 4.13. The Morgan fingerprint density at radius 3 is 2.40 bits per heavy atom. The van der Waals surface area contributed by atoms with Crippen molar-refractivity contribution in [2.45, 2.75) is 53.4 Å². The maximum atomic E-state index is 9.94. The first-order valence-corrected chi connectivity index (χ1v) is 5.79. The smallest absolute Gasteiger partial charge is 0.140 e. The lowest BCUT2D eigenvalue weighted by Crippen LogP contribution is -2.01. The van der Waals surface area contributed by atoms with Gasteiger partial charge in [0.25, 0.3) is 0 Å². The van der Waals surface area contributed by atoms with Crippen molar-refractivity contribution in [2.24, 2.45) is 0 Å². The SMILES string of the molecule is CCCCc1c(C)nc(CC)c(O)c1C. The molecule has 0 aliphatic carbocycles. The van der Waals surface area contributed by atoms with Gasteiger partial charge < -0.3 is 5.11 Å². The molecule has 0 aliphatic heterocycles. The zero-order valence-electron chi connectivity index (χ0n) is 10.2. The fourth-order valence-corrected chi connectivity index (χ4v) is 1.92. The lowest BCUT2D eigenvalue weighted by Gasteiger charge is -2.13. The zero-order valence-corrected chi connectivity index (χ0v) is 10.2. The van der Waals surface area contributed by atoms with E-state index in [0.29, 0.717) is 5.75 Å². The molecule has 0 fully saturated rings. The van der Waals surface area contributed by atoms with Gasteiger partial charge in [-0.25, -0.2) is 0 Å². The van der Waals surface area contributed by atoms with E-state index in [0.717, 1.165) is 36.2 Å². The molecule has 1 aromatic heterocycles. The van der Waals surface area contributed by atoms with Crippen LogP contribution in [0.15, 0.2) is 0 Å². The summed E-state index contributed by atoms with van der Waals surface area (Å²) in [6.07, 6.45) is 4.16. The molecule has 1 rings (SSSR count). The molecule has 15 heavy (non-hydrogen) atoms. The molecule has 0 aromatic carbocycles. The number of aromatic nitrogens is 1. The highest BCUT2D eigenvalue weighted by Crippen LogP contribution is 2.27. The first kappa shape index (κ1) is 12.0. The normalized spacial score (nSPS) is 10.7.